The average molecular weight is 323 g/mol. The molecular weight excluding hydrogens is 307 g/mol. The number of hydrogen-bond acceptors (Lipinski definition) is 2. The van der Waals surface area contributed by atoms with E-state index in [0.717, 1.165) is 21.4 Å². The van der Waals surface area contributed by atoms with E-state index in [1.54, 1.807) is 12.1 Å². The van der Waals surface area contributed by atoms with Gasteiger partial charge in [0, 0.05) is 29.3 Å². The maximum Gasteiger partial charge on any atom is 0.128 e. The molecule has 0 radical (unpaired) electrons. The minimum atomic E-state index is -0.183. The Labute approximate surface area is 121 Å². The van der Waals surface area contributed by atoms with E-state index in [9.17, 15) is 4.39 Å². The van der Waals surface area contributed by atoms with Gasteiger partial charge >= 0.3 is 0 Å². The summed E-state index contributed by atoms with van der Waals surface area (Å²) in [4.78, 5) is 1.99. The number of nitrogen functional groups attached to an aromatic ring is 1. The summed E-state index contributed by atoms with van der Waals surface area (Å²) in [6, 6.07) is 10.7. The monoisotopic (exact) mass is 322 g/mol. The zero-order valence-electron chi connectivity index (χ0n) is 11.0. The molecule has 2 rings (SSSR count). The minimum absolute atomic E-state index is 0.183. The molecule has 0 aliphatic carbocycles. The highest BCUT2D eigenvalue weighted by Crippen LogP contribution is 2.31. The van der Waals surface area contributed by atoms with E-state index in [4.69, 9.17) is 5.73 Å². The van der Waals surface area contributed by atoms with E-state index in [-0.39, 0.29) is 5.82 Å². The van der Waals surface area contributed by atoms with Gasteiger partial charge in [-0.05, 0) is 46.6 Å². The third-order valence-electron chi connectivity index (χ3n) is 3.11. The molecule has 0 atom stereocenters. The maximum atomic E-state index is 13.7. The normalized spacial score (nSPS) is 10.5. The highest BCUT2D eigenvalue weighted by atomic mass is 79.9. The van der Waals surface area contributed by atoms with Crippen molar-refractivity contribution in [3.63, 3.8) is 0 Å². The zero-order valence-corrected chi connectivity index (χ0v) is 12.5. The first-order valence-electron chi connectivity index (χ1n) is 5.99. The average Bonchev–Trinajstić information content (AvgIpc) is 2.36. The van der Waals surface area contributed by atoms with Gasteiger partial charge in [0.15, 0.2) is 0 Å². The second kappa shape index (κ2) is 5.61. The first kappa shape index (κ1) is 13.9. The number of nitrogens with two attached hydrogens (primary N) is 1. The second-order valence-corrected chi connectivity index (χ2v) is 5.46. The van der Waals surface area contributed by atoms with E-state index in [1.165, 1.54) is 6.07 Å². The second-order valence-electron chi connectivity index (χ2n) is 4.61. The van der Waals surface area contributed by atoms with Crippen LogP contribution in [0.3, 0.4) is 0 Å². The van der Waals surface area contributed by atoms with Gasteiger partial charge in [-0.1, -0.05) is 18.2 Å². The SMILES string of the molecule is Cc1cc(N(C)Cc2ccccc2F)c(Br)cc1N. The summed E-state index contributed by atoms with van der Waals surface area (Å²) >= 11 is 3.50. The van der Waals surface area contributed by atoms with Gasteiger partial charge in [-0.15, -0.1) is 0 Å². The van der Waals surface area contributed by atoms with Crippen LogP contribution in [-0.2, 0) is 6.54 Å². The Balaban J connectivity index is 2.28. The molecule has 0 saturated carbocycles. The largest absolute Gasteiger partial charge is 0.398 e. The summed E-state index contributed by atoms with van der Waals surface area (Å²) in [6.45, 7) is 2.47. The summed E-state index contributed by atoms with van der Waals surface area (Å²) < 4.78 is 14.6. The molecule has 0 saturated heterocycles. The Bertz CT molecular complexity index is 599. The standard InChI is InChI=1S/C15H16BrFN2/c1-10-7-15(12(16)8-14(10)18)19(2)9-11-5-3-4-6-13(11)17/h3-8H,9,18H2,1-2H3. The van der Waals surface area contributed by atoms with Crippen LogP contribution >= 0.6 is 15.9 Å². The van der Waals surface area contributed by atoms with Crippen LogP contribution in [0.4, 0.5) is 15.8 Å². The summed E-state index contributed by atoms with van der Waals surface area (Å²) in [5, 5.41) is 0. The van der Waals surface area contributed by atoms with Crippen molar-refractivity contribution in [3.05, 3.63) is 57.8 Å². The first-order valence-corrected chi connectivity index (χ1v) is 6.78. The van der Waals surface area contributed by atoms with Crippen molar-refractivity contribution in [1.29, 1.82) is 0 Å². The molecule has 0 aromatic heterocycles. The summed E-state index contributed by atoms with van der Waals surface area (Å²) in [6.07, 6.45) is 0. The summed E-state index contributed by atoms with van der Waals surface area (Å²) in [5.74, 6) is -0.183. The molecule has 100 valence electrons. The summed E-state index contributed by atoms with van der Waals surface area (Å²) in [5.41, 5.74) is 9.28. The van der Waals surface area contributed by atoms with Crippen LogP contribution in [0.2, 0.25) is 0 Å². The van der Waals surface area contributed by atoms with Gasteiger partial charge in [-0.2, -0.15) is 0 Å². The number of aryl methyl sites for hydroxylation is 1. The van der Waals surface area contributed by atoms with Crippen molar-refractivity contribution >= 4 is 27.3 Å². The van der Waals surface area contributed by atoms with E-state index >= 15 is 0 Å². The molecule has 2 N–H and O–H groups in total. The van der Waals surface area contributed by atoms with E-state index in [1.807, 2.05) is 37.1 Å². The predicted octanol–water partition coefficient (Wildman–Crippen LogP) is 4.12. The van der Waals surface area contributed by atoms with Crippen molar-refractivity contribution in [1.82, 2.24) is 0 Å². The Hall–Kier alpha value is -1.55. The molecule has 0 aliphatic heterocycles. The number of halogens is 2. The number of hydrogen-bond donors (Lipinski definition) is 1. The molecule has 0 fully saturated rings. The third kappa shape index (κ3) is 3.07. The smallest absolute Gasteiger partial charge is 0.128 e. The van der Waals surface area contributed by atoms with Crippen LogP contribution in [0, 0.1) is 12.7 Å². The first-order chi connectivity index (χ1) is 8.99. The number of nitrogens with zero attached hydrogens (tertiary/aromatic N) is 1. The van der Waals surface area contributed by atoms with Gasteiger partial charge in [-0.25, -0.2) is 4.39 Å². The fraction of sp³-hybridized carbons (Fsp3) is 0.200. The Morgan fingerprint density at radius 2 is 1.95 bits per heavy atom. The molecule has 0 aliphatic rings. The number of anilines is 2. The van der Waals surface area contributed by atoms with Crippen LogP contribution in [-0.4, -0.2) is 7.05 Å². The predicted molar refractivity (Wildman–Crippen MR) is 81.8 cm³/mol. The Kier molecular flexibility index (Phi) is 4.10. The third-order valence-corrected chi connectivity index (χ3v) is 3.75. The highest BCUT2D eigenvalue weighted by Gasteiger charge is 2.10. The van der Waals surface area contributed by atoms with Crippen molar-refractivity contribution in [3.8, 4) is 0 Å². The Morgan fingerprint density at radius 1 is 1.26 bits per heavy atom. The minimum Gasteiger partial charge on any atom is -0.398 e. The lowest BCUT2D eigenvalue weighted by molar-refractivity contribution is 0.608. The lowest BCUT2D eigenvalue weighted by Crippen LogP contribution is -2.18. The lowest BCUT2D eigenvalue weighted by Gasteiger charge is -2.22. The van der Waals surface area contributed by atoms with Gasteiger partial charge in [0.2, 0.25) is 0 Å². The lowest BCUT2D eigenvalue weighted by atomic mass is 10.1. The van der Waals surface area contributed by atoms with E-state index < -0.39 is 0 Å². The number of rotatable bonds is 3. The molecule has 0 heterocycles. The fourth-order valence-corrected chi connectivity index (χ4v) is 2.61. The van der Waals surface area contributed by atoms with Crippen molar-refractivity contribution in [2.75, 3.05) is 17.7 Å². The van der Waals surface area contributed by atoms with Gasteiger partial charge < -0.3 is 10.6 Å². The van der Waals surface area contributed by atoms with Crippen LogP contribution in [0.25, 0.3) is 0 Å². The molecule has 0 bridgehead atoms. The van der Waals surface area contributed by atoms with Crippen molar-refractivity contribution in [2.45, 2.75) is 13.5 Å². The van der Waals surface area contributed by atoms with Gasteiger partial charge in [-0.3, -0.25) is 0 Å². The maximum absolute atomic E-state index is 13.7. The topological polar surface area (TPSA) is 29.3 Å². The molecule has 0 spiro atoms. The number of benzene rings is 2. The van der Waals surface area contributed by atoms with Gasteiger partial charge in [0.25, 0.3) is 0 Å². The molecule has 2 nitrogen and oxygen atoms in total. The van der Waals surface area contributed by atoms with E-state index in [2.05, 4.69) is 15.9 Å². The van der Waals surface area contributed by atoms with Crippen LogP contribution in [0.1, 0.15) is 11.1 Å². The van der Waals surface area contributed by atoms with E-state index in [0.29, 0.717) is 12.1 Å². The van der Waals surface area contributed by atoms with Gasteiger partial charge in [0.05, 0.1) is 5.69 Å². The van der Waals surface area contributed by atoms with Crippen molar-refractivity contribution < 1.29 is 4.39 Å². The molecule has 2 aromatic carbocycles. The molecule has 4 heteroatoms. The van der Waals surface area contributed by atoms with Gasteiger partial charge in [0.1, 0.15) is 5.82 Å². The molecule has 0 unspecified atom stereocenters. The Morgan fingerprint density at radius 3 is 2.63 bits per heavy atom. The quantitative estimate of drug-likeness (QED) is 0.861. The molecular formula is C15H16BrFN2. The summed E-state index contributed by atoms with van der Waals surface area (Å²) in [7, 11) is 1.93. The fourth-order valence-electron chi connectivity index (χ4n) is 1.94. The van der Waals surface area contributed by atoms with Crippen LogP contribution in [0.15, 0.2) is 40.9 Å². The highest BCUT2D eigenvalue weighted by molar-refractivity contribution is 9.10. The van der Waals surface area contributed by atoms with Crippen LogP contribution < -0.4 is 10.6 Å². The molecule has 0 amide bonds. The zero-order chi connectivity index (χ0) is 14.0. The van der Waals surface area contributed by atoms with Crippen LogP contribution in [0.5, 0.6) is 0 Å². The molecule has 19 heavy (non-hydrogen) atoms. The molecule has 2 aromatic rings. The van der Waals surface area contributed by atoms with Crippen molar-refractivity contribution in [2.24, 2.45) is 0 Å².